The van der Waals surface area contributed by atoms with E-state index >= 15 is 0 Å². The molecule has 0 bridgehead atoms. The lowest BCUT2D eigenvalue weighted by Gasteiger charge is -2.32. The largest absolute Gasteiger partial charge is 0.463 e. The second-order valence-electron chi connectivity index (χ2n) is 9.01. The van der Waals surface area contributed by atoms with Crippen molar-refractivity contribution in [3.05, 3.63) is 64.4 Å². The number of hydrogen-bond donors (Lipinski definition) is 0. The van der Waals surface area contributed by atoms with Crippen molar-refractivity contribution >= 4 is 66.9 Å². The highest BCUT2D eigenvalue weighted by atomic mass is 35.5. The van der Waals surface area contributed by atoms with Crippen LogP contribution in [0, 0.1) is 0 Å². The molecule has 0 amide bonds. The van der Waals surface area contributed by atoms with Crippen LogP contribution in [0.3, 0.4) is 0 Å². The van der Waals surface area contributed by atoms with Crippen molar-refractivity contribution in [2.24, 2.45) is 0 Å². The maximum atomic E-state index is 6.20. The Morgan fingerprint density at radius 1 is 1.09 bits per heavy atom. The minimum atomic E-state index is -0.266. The monoisotopic (exact) mass is 539 g/mol. The predicted molar refractivity (Wildman–Crippen MR) is 146 cm³/mol. The lowest BCUT2D eigenvalue weighted by atomic mass is 9.89. The maximum absolute atomic E-state index is 6.20. The Labute approximate surface area is 220 Å². The van der Waals surface area contributed by atoms with Crippen LogP contribution in [0.4, 0.5) is 0 Å². The number of pyridine rings is 1. The molecule has 0 N–H and O–H groups in total. The molecule has 0 fully saturated rings. The van der Waals surface area contributed by atoms with E-state index in [1.165, 1.54) is 11.1 Å². The van der Waals surface area contributed by atoms with Gasteiger partial charge in [0.1, 0.15) is 15.6 Å². The number of rotatable bonds is 5. The summed E-state index contributed by atoms with van der Waals surface area (Å²) in [7, 11) is 0. The average Bonchev–Trinajstić information content (AvgIpc) is 3.50. The number of ether oxygens (including phenoxy) is 1. The lowest BCUT2D eigenvalue weighted by Crippen LogP contribution is -2.32. The van der Waals surface area contributed by atoms with Gasteiger partial charge >= 0.3 is 0 Å². The normalized spacial score (nSPS) is 15.1. The minimum Gasteiger partial charge on any atom is -0.463 e. The molecule has 1 aromatic carbocycles. The zero-order valence-electron chi connectivity index (χ0n) is 19.4. The van der Waals surface area contributed by atoms with Crippen LogP contribution in [0.5, 0.6) is 0 Å². The van der Waals surface area contributed by atoms with Gasteiger partial charge in [0, 0.05) is 28.1 Å². The molecule has 178 valence electrons. The number of fused-ring (bicyclic) bond motifs is 5. The fraction of sp³-hybridized carbons (Fsp3) is 0.269. The Morgan fingerprint density at radius 2 is 1.91 bits per heavy atom. The van der Waals surface area contributed by atoms with Gasteiger partial charge in [-0.3, -0.25) is 0 Å². The fourth-order valence-electron chi connectivity index (χ4n) is 4.37. The molecule has 0 aliphatic carbocycles. The van der Waals surface area contributed by atoms with Crippen LogP contribution in [0.25, 0.3) is 31.9 Å². The van der Waals surface area contributed by atoms with Crippen LogP contribution in [0.2, 0.25) is 5.02 Å². The van der Waals surface area contributed by atoms with E-state index in [0.29, 0.717) is 6.61 Å². The first-order valence-corrected chi connectivity index (χ1v) is 14.6. The summed E-state index contributed by atoms with van der Waals surface area (Å²) < 4.78 is 13.0. The Bertz CT molecular complexity index is 1550. The molecular weight excluding hydrogens is 518 g/mol. The standard InChI is InChI=1S/C26H22ClN3O2S3/c1-26(2)11-16-17(12-32-26)20(18-5-4-10-31-18)28-23-19(16)21-22(35-23)24(30-25(29-21)33-3)34-13-14-6-8-15(27)9-7-14/h4-10H,11-13H2,1-3H3. The van der Waals surface area contributed by atoms with Crippen molar-refractivity contribution in [1.29, 1.82) is 0 Å². The van der Waals surface area contributed by atoms with Gasteiger partial charge in [0.05, 0.1) is 28.7 Å². The van der Waals surface area contributed by atoms with E-state index in [-0.39, 0.29) is 5.60 Å². The van der Waals surface area contributed by atoms with E-state index < -0.39 is 0 Å². The molecule has 0 atom stereocenters. The first-order chi connectivity index (χ1) is 16.9. The zero-order chi connectivity index (χ0) is 24.2. The Balaban J connectivity index is 1.56. The average molecular weight is 540 g/mol. The first-order valence-electron chi connectivity index (χ1n) is 11.2. The number of aromatic nitrogens is 3. The van der Waals surface area contributed by atoms with E-state index in [1.807, 2.05) is 30.5 Å². The topological polar surface area (TPSA) is 61.0 Å². The summed E-state index contributed by atoms with van der Waals surface area (Å²) in [5.74, 6) is 1.56. The fourth-order valence-corrected chi connectivity index (χ4v) is 7.12. The molecule has 1 aliphatic heterocycles. The summed E-state index contributed by atoms with van der Waals surface area (Å²) in [5.41, 5.74) is 5.11. The number of halogens is 1. The molecule has 0 saturated heterocycles. The molecular formula is C26H22ClN3O2S3. The quantitative estimate of drug-likeness (QED) is 0.127. The van der Waals surface area contributed by atoms with Gasteiger partial charge in [0.15, 0.2) is 10.9 Å². The van der Waals surface area contributed by atoms with Crippen molar-refractivity contribution in [3.8, 4) is 11.5 Å². The predicted octanol–water partition coefficient (Wildman–Crippen LogP) is 8.02. The summed E-state index contributed by atoms with van der Waals surface area (Å²) in [6.07, 6.45) is 4.49. The molecule has 5 aromatic rings. The van der Waals surface area contributed by atoms with E-state index in [9.17, 15) is 0 Å². The molecule has 0 saturated carbocycles. The second-order valence-corrected chi connectivity index (χ2v) is 12.2. The lowest BCUT2D eigenvalue weighted by molar-refractivity contribution is -0.0395. The maximum Gasteiger partial charge on any atom is 0.189 e. The Morgan fingerprint density at radius 3 is 2.66 bits per heavy atom. The Hall–Kier alpha value is -2.10. The smallest absolute Gasteiger partial charge is 0.189 e. The molecule has 6 rings (SSSR count). The van der Waals surface area contributed by atoms with Crippen LogP contribution in [-0.2, 0) is 23.5 Å². The minimum absolute atomic E-state index is 0.266. The third-order valence-electron chi connectivity index (χ3n) is 6.06. The summed E-state index contributed by atoms with van der Waals surface area (Å²) in [6, 6.07) is 11.8. The third-order valence-corrected chi connectivity index (χ3v) is 9.12. The van der Waals surface area contributed by atoms with Crippen LogP contribution in [-0.4, -0.2) is 26.8 Å². The third kappa shape index (κ3) is 4.36. The SMILES string of the molecule is CSc1nc(SCc2ccc(Cl)cc2)c2sc3nc(-c4ccco4)c4c(c3c2n1)CC(C)(C)OC4. The number of thiophene rings is 1. The number of thioether (sulfide) groups is 2. The first kappa shape index (κ1) is 23.3. The van der Waals surface area contributed by atoms with Gasteiger partial charge in [0.25, 0.3) is 0 Å². The highest BCUT2D eigenvalue weighted by molar-refractivity contribution is 7.99. The molecule has 0 radical (unpaired) electrons. The number of nitrogens with zero attached hydrogens (tertiary/aromatic N) is 3. The van der Waals surface area contributed by atoms with E-state index in [1.54, 1.807) is 41.1 Å². The van der Waals surface area contributed by atoms with Crippen molar-refractivity contribution in [1.82, 2.24) is 15.0 Å². The van der Waals surface area contributed by atoms with Crippen molar-refractivity contribution in [2.75, 3.05) is 6.26 Å². The van der Waals surface area contributed by atoms with E-state index in [0.717, 1.165) is 64.8 Å². The molecule has 4 aromatic heterocycles. The number of hydrogen-bond acceptors (Lipinski definition) is 8. The van der Waals surface area contributed by atoms with Gasteiger partial charge < -0.3 is 9.15 Å². The van der Waals surface area contributed by atoms with Gasteiger partial charge in [-0.15, -0.1) is 23.1 Å². The molecule has 5 nitrogen and oxygen atoms in total. The van der Waals surface area contributed by atoms with Gasteiger partial charge in [-0.25, -0.2) is 15.0 Å². The van der Waals surface area contributed by atoms with Gasteiger partial charge in [-0.05, 0) is 55.5 Å². The Kier molecular flexibility index (Phi) is 6.05. The highest BCUT2D eigenvalue weighted by Crippen LogP contribution is 2.45. The zero-order valence-corrected chi connectivity index (χ0v) is 22.6. The second kappa shape index (κ2) is 9.09. The van der Waals surface area contributed by atoms with Gasteiger partial charge in [0.2, 0.25) is 0 Å². The van der Waals surface area contributed by atoms with Crippen LogP contribution >= 0.6 is 46.5 Å². The molecule has 9 heteroatoms. The summed E-state index contributed by atoms with van der Waals surface area (Å²) in [6.45, 7) is 4.77. The molecule has 0 spiro atoms. The van der Waals surface area contributed by atoms with Crippen LogP contribution in [0.15, 0.2) is 57.3 Å². The summed E-state index contributed by atoms with van der Waals surface area (Å²) in [4.78, 5) is 15.9. The van der Waals surface area contributed by atoms with Crippen molar-refractivity contribution in [2.45, 2.75) is 48.4 Å². The van der Waals surface area contributed by atoms with E-state index in [2.05, 4.69) is 26.0 Å². The van der Waals surface area contributed by atoms with Crippen LogP contribution < -0.4 is 0 Å². The molecule has 1 aliphatic rings. The molecule has 35 heavy (non-hydrogen) atoms. The van der Waals surface area contributed by atoms with Crippen LogP contribution in [0.1, 0.15) is 30.5 Å². The van der Waals surface area contributed by atoms with Crippen molar-refractivity contribution in [3.63, 3.8) is 0 Å². The molecule has 5 heterocycles. The van der Waals surface area contributed by atoms with E-state index in [4.69, 9.17) is 35.7 Å². The summed E-state index contributed by atoms with van der Waals surface area (Å²) >= 11 is 11.0. The number of benzene rings is 1. The van der Waals surface area contributed by atoms with Gasteiger partial charge in [-0.1, -0.05) is 35.5 Å². The van der Waals surface area contributed by atoms with Crippen molar-refractivity contribution < 1.29 is 9.15 Å². The van der Waals surface area contributed by atoms with Gasteiger partial charge in [-0.2, -0.15) is 0 Å². The molecule has 0 unspecified atom stereocenters. The highest BCUT2D eigenvalue weighted by Gasteiger charge is 2.32. The number of furan rings is 1. The summed E-state index contributed by atoms with van der Waals surface area (Å²) in [5, 5.41) is 3.62.